The molecule has 2 N–H and O–H groups in total. The van der Waals surface area contributed by atoms with Crippen LogP contribution >= 0.6 is 0 Å². The van der Waals surface area contributed by atoms with Crippen molar-refractivity contribution in [3.63, 3.8) is 0 Å². The Morgan fingerprint density at radius 2 is 1.93 bits per heavy atom. The first kappa shape index (κ1) is 22.3. The highest BCUT2D eigenvalue weighted by Gasteiger charge is 2.28. The fourth-order valence-electron chi connectivity index (χ4n) is 3.89. The number of piperazine rings is 1. The van der Waals surface area contributed by atoms with Gasteiger partial charge in [-0.2, -0.15) is 0 Å². The van der Waals surface area contributed by atoms with Crippen LogP contribution in [0.1, 0.15) is 27.2 Å². The number of rotatable bonds is 7. The quantitative estimate of drug-likeness (QED) is 0.492. The van der Waals surface area contributed by atoms with Crippen LogP contribution in [0, 0.1) is 5.92 Å². The van der Waals surface area contributed by atoms with Gasteiger partial charge in [0.1, 0.15) is 0 Å². The number of anilines is 1. The highest BCUT2D eigenvalue weighted by Crippen LogP contribution is 2.13. The van der Waals surface area contributed by atoms with Crippen molar-refractivity contribution in [2.45, 2.75) is 33.2 Å². The fraction of sp³-hybridized carbons (Fsp3) is 0.714. The molecule has 1 aromatic heterocycles. The van der Waals surface area contributed by atoms with Gasteiger partial charge in [-0.3, -0.25) is 14.7 Å². The lowest BCUT2D eigenvalue weighted by Gasteiger charge is -2.34. The van der Waals surface area contributed by atoms with Gasteiger partial charge in [-0.05, 0) is 19.4 Å². The van der Waals surface area contributed by atoms with E-state index in [0.29, 0.717) is 0 Å². The summed E-state index contributed by atoms with van der Waals surface area (Å²) in [6.45, 7) is 13.9. The van der Waals surface area contributed by atoms with Crippen LogP contribution in [0.4, 0.5) is 5.95 Å². The predicted molar refractivity (Wildman–Crippen MR) is 120 cm³/mol. The molecule has 2 saturated heterocycles. The van der Waals surface area contributed by atoms with Gasteiger partial charge in [0, 0.05) is 76.7 Å². The molecule has 0 bridgehead atoms. The van der Waals surface area contributed by atoms with E-state index in [-0.39, 0.29) is 17.9 Å². The second-order valence-corrected chi connectivity index (χ2v) is 8.21. The Morgan fingerprint density at radius 3 is 2.60 bits per heavy atom. The summed E-state index contributed by atoms with van der Waals surface area (Å²) in [5.41, 5.74) is 0. The molecule has 30 heavy (non-hydrogen) atoms. The minimum atomic E-state index is 0.0552. The number of carbonyl (C=O) groups is 1. The molecule has 1 unspecified atom stereocenters. The molecule has 1 amide bonds. The summed E-state index contributed by atoms with van der Waals surface area (Å²) in [5.74, 6) is 1.95. The van der Waals surface area contributed by atoms with Crippen LogP contribution < -0.4 is 15.5 Å². The molecule has 3 heterocycles. The van der Waals surface area contributed by atoms with E-state index in [1.807, 2.05) is 24.8 Å². The molecule has 0 aliphatic carbocycles. The largest absolute Gasteiger partial charge is 0.357 e. The third kappa shape index (κ3) is 6.29. The van der Waals surface area contributed by atoms with Gasteiger partial charge in [0.25, 0.3) is 0 Å². The van der Waals surface area contributed by atoms with E-state index < -0.39 is 0 Å². The summed E-state index contributed by atoms with van der Waals surface area (Å²) in [7, 11) is 0. The van der Waals surface area contributed by atoms with Crippen LogP contribution in [0.25, 0.3) is 0 Å². The first-order valence-corrected chi connectivity index (χ1v) is 11.1. The molecule has 0 radical (unpaired) electrons. The maximum absolute atomic E-state index is 12.2. The van der Waals surface area contributed by atoms with Crippen molar-refractivity contribution < 1.29 is 4.79 Å². The number of carbonyl (C=O) groups excluding carboxylic acids is 1. The van der Waals surface area contributed by atoms with E-state index in [1.54, 1.807) is 12.4 Å². The smallest absolute Gasteiger partial charge is 0.225 e. The van der Waals surface area contributed by atoms with Gasteiger partial charge in [-0.1, -0.05) is 13.8 Å². The molecular weight excluding hydrogens is 380 g/mol. The van der Waals surface area contributed by atoms with Crippen LogP contribution in [0.2, 0.25) is 0 Å². The number of aromatic nitrogens is 2. The molecule has 3 rings (SSSR count). The van der Waals surface area contributed by atoms with Gasteiger partial charge in [0.15, 0.2) is 5.96 Å². The van der Waals surface area contributed by atoms with Crippen molar-refractivity contribution in [2.24, 2.45) is 10.9 Å². The first-order valence-electron chi connectivity index (χ1n) is 11.1. The third-order valence-corrected chi connectivity index (χ3v) is 5.57. The van der Waals surface area contributed by atoms with Gasteiger partial charge < -0.3 is 20.4 Å². The monoisotopic (exact) mass is 416 g/mol. The van der Waals surface area contributed by atoms with Gasteiger partial charge in [0.2, 0.25) is 11.9 Å². The number of nitrogens with zero attached hydrogens (tertiary/aromatic N) is 6. The summed E-state index contributed by atoms with van der Waals surface area (Å²) in [5, 5.41) is 6.84. The number of amides is 1. The topological polar surface area (TPSA) is 89.0 Å². The number of aliphatic imine (C=N–C) groups is 1. The molecule has 0 saturated carbocycles. The van der Waals surface area contributed by atoms with Crippen LogP contribution in [0.5, 0.6) is 0 Å². The molecule has 2 aliphatic heterocycles. The van der Waals surface area contributed by atoms with Gasteiger partial charge in [0.05, 0.1) is 6.54 Å². The van der Waals surface area contributed by atoms with Crippen molar-refractivity contribution in [2.75, 3.05) is 63.8 Å². The second kappa shape index (κ2) is 11.1. The summed E-state index contributed by atoms with van der Waals surface area (Å²) < 4.78 is 0. The molecule has 1 atom stereocenters. The van der Waals surface area contributed by atoms with E-state index >= 15 is 0 Å². The predicted octanol–water partition coefficient (Wildman–Crippen LogP) is 0.411. The molecule has 2 fully saturated rings. The first-order chi connectivity index (χ1) is 14.6. The number of hydrogen-bond donors (Lipinski definition) is 2. The molecular formula is C21H36N8O. The number of nitrogens with one attached hydrogen (secondary N) is 2. The number of guanidine groups is 1. The lowest BCUT2D eigenvalue weighted by Crippen LogP contribution is -2.48. The van der Waals surface area contributed by atoms with E-state index in [1.165, 1.54) is 0 Å². The van der Waals surface area contributed by atoms with Gasteiger partial charge >= 0.3 is 0 Å². The molecule has 9 nitrogen and oxygen atoms in total. The summed E-state index contributed by atoms with van der Waals surface area (Å²) in [4.78, 5) is 32.3. The SMILES string of the molecule is CCNC(=NCCN1CCN(c2ncccn2)CC1)NC1CCN(C(=O)C(C)C)C1. The van der Waals surface area contributed by atoms with Crippen molar-refractivity contribution >= 4 is 17.8 Å². The average Bonchev–Trinajstić information content (AvgIpc) is 3.23. The Bertz CT molecular complexity index is 688. The Morgan fingerprint density at radius 1 is 1.20 bits per heavy atom. The minimum absolute atomic E-state index is 0.0552. The standard InChI is InChI=1S/C21H36N8O/c1-4-22-20(26-18-6-10-29(16-18)19(30)17(2)3)23-9-11-27-12-14-28(15-13-27)21-24-7-5-8-25-21/h5,7-8,17-18H,4,6,9-16H2,1-3H3,(H2,22,23,26). The Labute approximate surface area is 179 Å². The molecule has 1 aromatic rings. The van der Waals surface area contributed by atoms with Gasteiger partial charge in [-0.25, -0.2) is 9.97 Å². The maximum Gasteiger partial charge on any atom is 0.225 e. The zero-order chi connectivity index (χ0) is 21.3. The van der Waals surface area contributed by atoms with Crippen molar-refractivity contribution in [1.29, 1.82) is 0 Å². The lowest BCUT2D eigenvalue weighted by molar-refractivity contribution is -0.133. The summed E-state index contributed by atoms with van der Waals surface area (Å²) in [6, 6.07) is 2.11. The molecule has 9 heteroatoms. The Kier molecular flexibility index (Phi) is 8.24. The van der Waals surface area contributed by atoms with E-state index in [2.05, 4.69) is 37.3 Å². The molecule has 2 aliphatic rings. The second-order valence-electron chi connectivity index (χ2n) is 8.21. The highest BCUT2D eigenvalue weighted by atomic mass is 16.2. The van der Waals surface area contributed by atoms with Crippen LogP contribution in [0.15, 0.2) is 23.5 Å². The summed E-state index contributed by atoms with van der Waals surface area (Å²) in [6.07, 6.45) is 4.55. The maximum atomic E-state index is 12.2. The molecule has 0 aromatic carbocycles. The van der Waals surface area contributed by atoms with Crippen LogP contribution in [0.3, 0.4) is 0 Å². The Hall–Kier alpha value is -2.42. The van der Waals surface area contributed by atoms with Crippen molar-refractivity contribution in [3.8, 4) is 0 Å². The van der Waals surface area contributed by atoms with Crippen LogP contribution in [-0.2, 0) is 4.79 Å². The zero-order valence-electron chi connectivity index (χ0n) is 18.5. The fourth-order valence-corrected chi connectivity index (χ4v) is 3.89. The molecule has 0 spiro atoms. The van der Waals surface area contributed by atoms with E-state index in [4.69, 9.17) is 4.99 Å². The average molecular weight is 417 g/mol. The number of likely N-dealkylation sites (tertiary alicyclic amines) is 1. The minimum Gasteiger partial charge on any atom is -0.357 e. The van der Waals surface area contributed by atoms with Crippen molar-refractivity contribution in [1.82, 2.24) is 30.4 Å². The van der Waals surface area contributed by atoms with Crippen LogP contribution in [-0.4, -0.2) is 96.6 Å². The molecule has 166 valence electrons. The van der Waals surface area contributed by atoms with Gasteiger partial charge in [-0.15, -0.1) is 0 Å². The Balaban J connectivity index is 1.41. The summed E-state index contributed by atoms with van der Waals surface area (Å²) >= 11 is 0. The highest BCUT2D eigenvalue weighted by molar-refractivity contribution is 5.81. The number of hydrogen-bond acceptors (Lipinski definition) is 6. The third-order valence-electron chi connectivity index (χ3n) is 5.57. The van der Waals surface area contributed by atoms with E-state index in [0.717, 1.165) is 77.2 Å². The lowest BCUT2D eigenvalue weighted by atomic mass is 10.2. The zero-order valence-corrected chi connectivity index (χ0v) is 18.5. The van der Waals surface area contributed by atoms with E-state index in [9.17, 15) is 4.79 Å². The normalized spacial score (nSPS) is 20.7. The van der Waals surface area contributed by atoms with Crippen molar-refractivity contribution in [3.05, 3.63) is 18.5 Å².